The molecule has 0 spiro atoms. The molecule has 1 fully saturated rings. The van der Waals surface area contributed by atoms with E-state index in [2.05, 4.69) is 0 Å². The van der Waals surface area contributed by atoms with E-state index < -0.39 is 0 Å². The summed E-state index contributed by atoms with van der Waals surface area (Å²) in [7, 11) is 0. The van der Waals surface area contributed by atoms with Crippen molar-refractivity contribution < 1.29 is 9.53 Å². The van der Waals surface area contributed by atoms with Crippen molar-refractivity contribution in [2.24, 2.45) is 11.7 Å². The first kappa shape index (κ1) is 14.9. The molecule has 0 unspecified atom stereocenters. The highest BCUT2D eigenvalue weighted by molar-refractivity contribution is 5.77. The molecular weight excluding hydrogens is 252 g/mol. The summed E-state index contributed by atoms with van der Waals surface area (Å²) in [6.45, 7) is 6.46. The predicted octanol–water partition coefficient (Wildman–Crippen LogP) is 1.88. The summed E-state index contributed by atoms with van der Waals surface area (Å²) in [6.07, 6.45) is 2.01. The maximum absolute atomic E-state index is 12.1. The van der Waals surface area contributed by atoms with Gasteiger partial charge in [0.15, 0.2) is 6.61 Å². The minimum absolute atomic E-state index is 0.0707. The van der Waals surface area contributed by atoms with Crippen LogP contribution >= 0.6 is 0 Å². The molecule has 0 saturated carbocycles. The molecule has 1 saturated heterocycles. The Morgan fingerprint density at radius 1 is 1.35 bits per heavy atom. The minimum Gasteiger partial charge on any atom is -0.483 e. The number of ether oxygens (including phenoxy) is 1. The Hall–Kier alpha value is -1.55. The van der Waals surface area contributed by atoms with E-state index in [4.69, 9.17) is 10.5 Å². The zero-order valence-corrected chi connectivity index (χ0v) is 12.4. The van der Waals surface area contributed by atoms with Gasteiger partial charge in [0.1, 0.15) is 5.75 Å². The third-order valence-corrected chi connectivity index (χ3v) is 4.00. The van der Waals surface area contributed by atoms with Gasteiger partial charge in [0, 0.05) is 13.1 Å². The van der Waals surface area contributed by atoms with Crippen molar-refractivity contribution in [2.45, 2.75) is 26.7 Å². The van der Waals surface area contributed by atoms with Crippen LogP contribution in [-0.4, -0.2) is 37.0 Å². The number of benzene rings is 1. The standard InChI is InChI=1S/C16H24N2O2/c1-12-3-4-13(2)15(9-12)20-11-16(19)18-7-5-14(10-17)6-8-18/h3-4,9,14H,5-8,10-11,17H2,1-2H3. The molecule has 0 aliphatic carbocycles. The van der Waals surface area contributed by atoms with Crippen molar-refractivity contribution in [2.75, 3.05) is 26.2 Å². The lowest BCUT2D eigenvalue weighted by atomic mass is 9.97. The lowest BCUT2D eigenvalue weighted by molar-refractivity contribution is -0.134. The number of carbonyl (C=O) groups excluding carboxylic acids is 1. The fourth-order valence-electron chi connectivity index (χ4n) is 2.51. The van der Waals surface area contributed by atoms with E-state index in [0.29, 0.717) is 5.92 Å². The number of likely N-dealkylation sites (tertiary alicyclic amines) is 1. The minimum atomic E-state index is 0.0707. The van der Waals surface area contributed by atoms with E-state index in [1.54, 1.807) is 0 Å². The quantitative estimate of drug-likeness (QED) is 0.913. The normalized spacial score (nSPS) is 16.2. The van der Waals surface area contributed by atoms with Gasteiger partial charge in [-0.25, -0.2) is 0 Å². The Labute approximate surface area is 120 Å². The van der Waals surface area contributed by atoms with E-state index in [9.17, 15) is 4.79 Å². The van der Waals surface area contributed by atoms with Gasteiger partial charge in [0.25, 0.3) is 5.91 Å². The number of nitrogens with zero attached hydrogens (tertiary/aromatic N) is 1. The second-order valence-electron chi connectivity index (χ2n) is 5.62. The lowest BCUT2D eigenvalue weighted by Crippen LogP contribution is -2.42. The Morgan fingerprint density at radius 3 is 2.70 bits per heavy atom. The van der Waals surface area contributed by atoms with Gasteiger partial charge in [-0.3, -0.25) is 4.79 Å². The number of hydrogen-bond acceptors (Lipinski definition) is 3. The second kappa shape index (κ2) is 6.75. The van der Waals surface area contributed by atoms with Gasteiger partial charge in [0.2, 0.25) is 0 Å². The largest absolute Gasteiger partial charge is 0.483 e. The zero-order valence-electron chi connectivity index (χ0n) is 12.4. The number of nitrogens with two attached hydrogens (primary N) is 1. The van der Waals surface area contributed by atoms with Crippen LogP contribution in [0.25, 0.3) is 0 Å². The first-order valence-corrected chi connectivity index (χ1v) is 7.28. The van der Waals surface area contributed by atoms with Crippen molar-refractivity contribution >= 4 is 5.91 Å². The first-order valence-electron chi connectivity index (χ1n) is 7.28. The van der Waals surface area contributed by atoms with Gasteiger partial charge in [-0.15, -0.1) is 0 Å². The number of piperidine rings is 1. The molecule has 1 heterocycles. The van der Waals surface area contributed by atoms with E-state index in [-0.39, 0.29) is 12.5 Å². The van der Waals surface area contributed by atoms with Gasteiger partial charge in [0.05, 0.1) is 0 Å². The topological polar surface area (TPSA) is 55.6 Å². The molecule has 0 radical (unpaired) electrons. The summed E-state index contributed by atoms with van der Waals surface area (Å²) in [5.74, 6) is 1.44. The van der Waals surface area contributed by atoms with Crippen LogP contribution in [-0.2, 0) is 4.79 Å². The molecule has 1 amide bonds. The molecule has 0 aromatic heterocycles. The second-order valence-corrected chi connectivity index (χ2v) is 5.62. The van der Waals surface area contributed by atoms with Gasteiger partial charge < -0.3 is 15.4 Å². The monoisotopic (exact) mass is 276 g/mol. The van der Waals surface area contributed by atoms with Crippen LogP contribution in [0.3, 0.4) is 0 Å². The molecule has 4 heteroatoms. The molecule has 1 aliphatic rings. The molecule has 4 nitrogen and oxygen atoms in total. The van der Waals surface area contributed by atoms with E-state index in [0.717, 1.165) is 49.4 Å². The molecule has 2 N–H and O–H groups in total. The molecule has 1 aromatic rings. The van der Waals surface area contributed by atoms with Gasteiger partial charge in [-0.1, -0.05) is 12.1 Å². The maximum Gasteiger partial charge on any atom is 0.260 e. The first-order chi connectivity index (χ1) is 9.60. The molecule has 0 atom stereocenters. The number of carbonyl (C=O) groups is 1. The highest BCUT2D eigenvalue weighted by Crippen LogP contribution is 2.20. The summed E-state index contributed by atoms with van der Waals surface area (Å²) >= 11 is 0. The Balaban J connectivity index is 1.85. The number of hydrogen-bond donors (Lipinski definition) is 1. The van der Waals surface area contributed by atoms with Crippen molar-refractivity contribution in [3.8, 4) is 5.75 Å². The molecule has 1 aliphatic heterocycles. The average Bonchev–Trinajstić information content (AvgIpc) is 2.48. The van der Waals surface area contributed by atoms with Crippen LogP contribution in [0.4, 0.5) is 0 Å². The zero-order chi connectivity index (χ0) is 14.5. The Kier molecular flexibility index (Phi) is 5.01. The summed E-state index contributed by atoms with van der Waals surface area (Å²) in [5, 5.41) is 0. The van der Waals surface area contributed by atoms with Crippen LogP contribution < -0.4 is 10.5 Å². The van der Waals surface area contributed by atoms with Gasteiger partial charge in [-0.05, 0) is 56.3 Å². The summed E-state index contributed by atoms with van der Waals surface area (Å²) < 4.78 is 5.67. The number of amides is 1. The number of rotatable bonds is 4. The molecule has 1 aromatic carbocycles. The fourth-order valence-corrected chi connectivity index (χ4v) is 2.51. The van der Waals surface area contributed by atoms with Crippen LogP contribution in [0.5, 0.6) is 5.75 Å². The van der Waals surface area contributed by atoms with E-state index >= 15 is 0 Å². The molecule has 2 rings (SSSR count). The maximum atomic E-state index is 12.1. The smallest absolute Gasteiger partial charge is 0.260 e. The van der Waals surface area contributed by atoms with Crippen molar-refractivity contribution in [3.63, 3.8) is 0 Å². The molecule has 0 bridgehead atoms. The average molecular weight is 276 g/mol. The van der Waals surface area contributed by atoms with Crippen molar-refractivity contribution in [3.05, 3.63) is 29.3 Å². The molecule has 110 valence electrons. The lowest BCUT2D eigenvalue weighted by Gasteiger charge is -2.31. The third-order valence-electron chi connectivity index (χ3n) is 4.00. The number of aryl methyl sites for hydroxylation is 2. The fraction of sp³-hybridized carbons (Fsp3) is 0.562. The van der Waals surface area contributed by atoms with Crippen LogP contribution in [0, 0.1) is 19.8 Å². The SMILES string of the molecule is Cc1ccc(C)c(OCC(=O)N2CCC(CN)CC2)c1. The molecular formula is C16H24N2O2. The summed E-state index contributed by atoms with van der Waals surface area (Å²) in [4.78, 5) is 14.0. The third kappa shape index (κ3) is 3.73. The summed E-state index contributed by atoms with van der Waals surface area (Å²) in [5.41, 5.74) is 7.86. The van der Waals surface area contributed by atoms with Crippen molar-refractivity contribution in [1.29, 1.82) is 0 Å². The van der Waals surface area contributed by atoms with Crippen LogP contribution in [0.15, 0.2) is 18.2 Å². The predicted molar refractivity (Wildman–Crippen MR) is 79.8 cm³/mol. The van der Waals surface area contributed by atoms with Crippen LogP contribution in [0.2, 0.25) is 0 Å². The summed E-state index contributed by atoms with van der Waals surface area (Å²) in [6, 6.07) is 6.03. The Bertz CT molecular complexity index is 466. The van der Waals surface area contributed by atoms with E-state index in [1.165, 1.54) is 0 Å². The Morgan fingerprint density at radius 2 is 2.05 bits per heavy atom. The van der Waals surface area contributed by atoms with E-state index in [1.807, 2.05) is 36.9 Å². The van der Waals surface area contributed by atoms with Gasteiger partial charge in [-0.2, -0.15) is 0 Å². The highest BCUT2D eigenvalue weighted by atomic mass is 16.5. The van der Waals surface area contributed by atoms with Crippen molar-refractivity contribution in [1.82, 2.24) is 4.90 Å². The highest BCUT2D eigenvalue weighted by Gasteiger charge is 2.22. The van der Waals surface area contributed by atoms with Gasteiger partial charge >= 0.3 is 0 Å². The van der Waals surface area contributed by atoms with Crippen LogP contribution in [0.1, 0.15) is 24.0 Å². The molecule has 20 heavy (non-hydrogen) atoms.